The number of nitrogens with one attached hydrogen (secondary N) is 1. The van der Waals surface area contributed by atoms with E-state index in [1.165, 1.54) is 6.26 Å². The Bertz CT molecular complexity index is 882. The molecule has 3 rings (SSSR count). The third-order valence-electron chi connectivity index (χ3n) is 3.11. The highest BCUT2D eigenvalue weighted by molar-refractivity contribution is 7.91. The van der Waals surface area contributed by atoms with E-state index < -0.39 is 9.73 Å². The predicted molar refractivity (Wildman–Crippen MR) is 83.3 cm³/mol. The molecule has 0 fully saturated rings. The number of hydrogen-bond donors (Lipinski definition) is 1. The van der Waals surface area contributed by atoms with Gasteiger partial charge in [-0.2, -0.15) is 0 Å². The summed E-state index contributed by atoms with van der Waals surface area (Å²) in [6, 6.07) is 16.3. The maximum absolute atomic E-state index is 11.7. The fourth-order valence-corrected chi connectivity index (χ4v) is 2.71. The molecule has 3 aromatic rings. The molecule has 1 heterocycles. The summed E-state index contributed by atoms with van der Waals surface area (Å²) in [5.41, 5.74) is 0.870. The van der Waals surface area contributed by atoms with Gasteiger partial charge in [0.25, 0.3) is 0 Å². The molecule has 1 unspecified atom stereocenters. The summed E-state index contributed by atoms with van der Waals surface area (Å²) >= 11 is 0. The van der Waals surface area contributed by atoms with Crippen molar-refractivity contribution >= 4 is 20.6 Å². The van der Waals surface area contributed by atoms with Gasteiger partial charge in [0, 0.05) is 22.7 Å². The molecule has 106 valence electrons. The zero-order valence-electron chi connectivity index (χ0n) is 11.4. The van der Waals surface area contributed by atoms with Gasteiger partial charge in [-0.1, -0.05) is 12.1 Å². The molecule has 1 aromatic heterocycles. The Hall–Kier alpha value is -2.40. The van der Waals surface area contributed by atoms with Gasteiger partial charge in [-0.25, -0.2) is 8.99 Å². The second-order valence-corrected chi connectivity index (χ2v) is 6.90. The molecule has 1 N–H and O–H groups in total. The number of fused-ring (bicyclic) bond motifs is 1. The van der Waals surface area contributed by atoms with Gasteiger partial charge in [0.1, 0.15) is 11.5 Å². The number of benzene rings is 2. The van der Waals surface area contributed by atoms with Gasteiger partial charge >= 0.3 is 0 Å². The lowest BCUT2D eigenvalue weighted by molar-refractivity contribution is 0.487. The van der Waals surface area contributed by atoms with Gasteiger partial charge in [-0.05, 0) is 42.5 Å². The van der Waals surface area contributed by atoms with Gasteiger partial charge in [0.05, 0.1) is 15.2 Å². The van der Waals surface area contributed by atoms with E-state index in [0.717, 1.165) is 16.7 Å². The lowest BCUT2D eigenvalue weighted by Crippen LogP contribution is -1.94. The van der Waals surface area contributed by atoms with Crippen molar-refractivity contribution in [1.29, 1.82) is 4.78 Å². The Morgan fingerprint density at radius 2 is 1.76 bits per heavy atom. The molecule has 2 aromatic carbocycles. The van der Waals surface area contributed by atoms with Crippen molar-refractivity contribution in [2.75, 3.05) is 6.26 Å². The highest BCUT2D eigenvalue weighted by atomic mass is 32.2. The van der Waals surface area contributed by atoms with Crippen LogP contribution in [0.4, 0.5) is 0 Å². The lowest BCUT2D eigenvalue weighted by Gasteiger charge is -2.09. The predicted octanol–water partition coefficient (Wildman–Crippen LogP) is 4.06. The van der Waals surface area contributed by atoms with Crippen LogP contribution in [0.3, 0.4) is 0 Å². The minimum absolute atomic E-state index is 0.495. The number of hydrogen-bond acceptors (Lipinski definition) is 4. The van der Waals surface area contributed by atoms with E-state index in [4.69, 9.17) is 9.52 Å². The van der Waals surface area contributed by atoms with Crippen LogP contribution in [0.2, 0.25) is 0 Å². The molecule has 1 atom stereocenters. The Morgan fingerprint density at radius 1 is 1.05 bits per heavy atom. The average Bonchev–Trinajstić information content (AvgIpc) is 2.47. The van der Waals surface area contributed by atoms with E-state index in [1.807, 2.05) is 30.3 Å². The van der Waals surface area contributed by atoms with Crippen LogP contribution in [0, 0.1) is 4.78 Å². The number of pyridine rings is 1. The fraction of sp³-hybridized carbons (Fsp3) is 0.0625. The number of nitrogens with zero attached hydrogens (tertiary/aromatic N) is 1. The van der Waals surface area contributed by atoms with Gasteiger partial charge in [0.15, 0.2) is 0 Å². The second kappa shape index (κ2) is 5.18. The normalized spacial score (nSPS) is 13.8. The molecule has 0 radical (unpaired) electrons. The van der Waals surface area contributed by atoms with E-state index in [2.05, 4.69) is 4.98 Å². The first kappa shape index (κ1) is 13.6. The minimum atomic E-state index is -2.69. The quantitative estimate of drug-likeness (QED) is 0.793. The van der Waals surface area contributed by atoms with E-state index in [-0.39, 0.29) is 0 Å². The molecular weight excluding hydrogens is 284 g/mol. The molecule has 0 saturated carbocycles. The van der Waals surface area contributed by atoms with Crippen LogP contribution in [0.15, 0.2) is 65.7 Å². The fourth-order valence-electron chi connectivity index (χ4n) is 2.05. The number of ether oxygens (including phenoxy) is 1. The highest BCUT2D eigenvalue weighted by Gasteiger charge is 2.06. The van der Waals surface area contributed by atoms with Crippen LogP contribution in [-0.4, -0.2) is 15.4 Å². The van der Waals surface area contributed by atoms with Gasteiger partial charge in [-0.3, -0.25) is 4.98 Å². The van der Waals surface area contributed by atoms with Crippen molar-refractivity contribution in [2.24, 2.45) is 0 Å². The molecular formula is C16H14N2O2S. The molecule has 0 aliphatic heterocycles. The Labute approximate surface area is 123 Å². The van der Waals surface area contributed by atoms with Gasteiger partial charge < -0.3 is 4.74 Å². The maximum Gasteiger partial charge on any atom is 0.138 e. The summed E-state index contributed by atoms with van der Waals surface area (Å²) in [6.45, 7) is 0. The smallest absolute Gasteiger partial charge is 0.138 e. The second-order valence-electron chi connectivity index (χ2n) is 4.74. The number of rotatable bonds is 3. The molecule has 0 aliphatic rings. The third kappa shape index (κ3) is 2.87. The van der Waals surface area contributed by atoms with Crippen molar-refractivity contribution in [3.05, 3.63) is 60.8 Å². The van der Waals surface area contributed by atoms with Crippen molar-refractivity contribution in [1.82, 2.24) is 4.98 Å². The summed E-state index contributed by atoms with van der Waals surface area (Å²) in [5.74, 6) is 1.36. The van der Waals surface area contributed by atoms with Crippen LogP contribution in [-0.2, 0) is 9.73 Å². The van der Waals surface area contributed by atoms with Crippen LogP contribution in [0.25, 0.3) is 10.9 Å². The standard InChI is InChI=1S/C16H14N2O2S/c1-21(17,19)13-8-6-12(7-9-13)20-16-10-11-18-15-5-3-2-4-14(15)16/h2-11,17H,1H3. The van der Waals surface area contributed by atoms with E-state index in [0.29, 0.717) is 10.6 Å². The first-order chi connectivity index (χ1) is 10.0. The van der Waals surface area contributed by atoms with Gasteiger partial charge in [0.2, 0.25) is 0 Å². The van der Waals surface area contributed by atoms with Crippen molar-refractivity contribution in [3.8, 4) is 11.5 Å². The zero-order chi connectivity index (χ0) is 14.9. The molecule has 21 heavy (non-hydrogen) atoms. The molecule has 0 amide bonds. The first-order valence-corrected chi connectivity index (χ1v) is 8.36. The van der Waals surface area contributed by atoms with Crippen molar-refractivity contribution < 1.29 is 8.95 Å². The summed E-state index contributed by atoms with van der Waals surface area (Å²) in [7, 11) is -2.69. The molecule has 0 aliphatic carbocycles. The third-order valence-corrected chi connectivity index (χ3v) is 4.28. The summed E-state index contributed by atoms with van der Waals surface area (Å²) in [4.78, 5) is 4.78. The Kier molecular flexibility index (Phi) is 3.35. The van der Waals surface area contributed by atoms with Crippen LogP contribution < -0.4 is 4.74 Å². The number of para-hydroxylation sites is 1. The maximum atomic E-state index is 11.7. The van der Waals surface area contributed by atoms with Crippen LogP contribution >= 0.6 is 0 Å². The van der Waals surface area contributed by atoms with Crippen LogP contribution in [0.5, 0.6) is 11.5 Å². The lowest BCUT2D eigenvalue weighted by atomic mass is 10.2. The molecule has 0 spiro atoms. The highest BCUT2D eigenvalue weighted by Crippen LogP contribution is 2.29. The largest absolute Gasteiger partial charge is 0.457 e. The monoisotopic (exact) mass is 298 g/mol. The molecule has 0 bridgehead atoms. The van der Waals surface area contributed by atoms with E-state index in [1.54, 1.807) is 30.5 Å². The van der Waals surface area contributed by atoms with Gasteiger partial charge in [-0.15, -0.1) is 0 Å². The summed E-state index contributed by atoms with van der Waals surface area (Å²) < 4.78 is 25.1. The van der Waals surface area contributed by atoms with E-state index in [9.17, 15) is 4.21 Å². The summed E-state index contributed by atoms with van der Waals surface area (Å²) in [6.07, 6.45) is 3.11. The zero-order valence-corrected chi connectivity index (χ0v) is 12.3. The minimum Gasteiger partial charge on any atom is -0.457 e. The summed E-state index contributed by atoms with van der Waals surface area (Å²) in [5, 5.41) is 0.934. The van der Waals surface area contributed by atoms with Crippen molar-refractivity contribution in [3.63, 3.8) is 0 Å². The topological polar surface area (TPSA) is 63.0 Å². The van der Waals surface area contributed by atoms with E-state index >= 15 is 0 Å². The number of aromatic nitrogens is 1. The average molecular weight is 298 g/mol. The molecule has 4 nitrogen and oxygen atoms in total. The SMILES string of the molecule is CS(=N)(=O)c1ccc(Oc2ccnc3ccccc23)cc1. The first-order valence-electron chi connectivity index (χ1n) is 6.39. The molecule has 5 heteroatoms. The Morgan fingerprint density at radius 3 is 2.48 bits per heavy atom. The molecule has 0 saturated heterocycles. The Balaban J connectivity index is 1.96. The van der Waals surface area contributed by atoms with Crippen LogP contribution in [0.1, 0.15) is 0 Å². The van der Waals surface area contributed by atoms with Crippen molar-refractivity contribution in [2.45, 2.75) is 4.90 Å².